The molecule has 0 atom stereocenters. The molecular formula is C10H12S2. The van der Waals surface area contributed by atoms with Crippen molar-refractivity contribution in [2.24, 2.45) is 0 Å². The number of rotatable bonds is 2. The van der Waals surface area contributed by atoms with Gasteiger partial charge in [-0.2, -0.15) is 0 Å². The average molecular weight is 196 g/mol. The Hall–Kier alpha value is -0.470. The van der Waals surface area contributed by atoms with E-state index < -0.39 is 0 Å². The lowest BCUT2D eigenvalue weighted by atomic mass is 10.4. The Morgan fingerprint density at radius 3 is 2.75 bits per heavy atom. The summed E-state index contributed by atoms with van der Waals surface area (Å²) >= 11 is 6.15. The summed E-state index contributed by atoms with van der Waals surface area (Å²) in [6.45, 7) is 4.10. The molecule has 0 saturated heterocycles. The van der Waals surface area contributed by atoms with E-state index in [2.05, 4.69) is 31.7 Å². The van der Waals surface area contributed by atoms with Gasteiger partial charge in [0.25, 0.3) is 0 Å². The molecule has 0 nitrogen and oxygen atoms in total. The minimum absolute atomic E-state index is 1.03. The number of thiol groups is 1. The summed E-state index contributed by atoms with van der Waals surface area (Å²) in [6.07, 6.45) is 6.00. The summed E-state index contributed by atoms with van der Waals surface area (Å²) in [5.74, 6) is 0. The second kappa shape index (κ2) is 4.53. The molecule has 0 aliphatic rings. The SMILES string of the molecule is C/C=C\C=C(/S)c1ccc(C)s1. The van der Waals surface area contributed by atoms with Crippen LogP contribution in [0.3, 0.4) is 0 Å². The zero-order chi connectivity index (χ0) is 8.97. The predicted octanol–water partition coefficient (Wildman–Crippen LogP) is 3.90. The molecule has 12 heavy (non-hydrogen) atoms. The van der Waals surface area contributed by atoms with E-state index in [0.29, 0.717) is 0 Å². The maximum absolute atomic E-state index is 4.39. The molecule has 0 radical (unpaired) electrons. The van der Waals surface area contributed by atoms with Gasteiger partial charge < -0.3 is 0 Å². The van der Waals surface area contributed by atoms with Crippen molar-refractivity contribution in [3.63, 3.8) is 0 Å². The van der Waals surface area contributed by atoms with E-state index in [1.807, 2.05) is 25.2 Å². The first-order valence-electron chi connectivity index (χ1n) is 3.83. The van der Waals surface area contributed by atoms with Gasteiger partial charge >= 0.3 is 0 Å². The van der Waals surface area contributed by atoms with E-state index in [-0.39, 0.29) is 0 Å². The number of hydrogen-bond acceptors (Lipinski definition) is 2. The molecule has 1 rings (SSSR count). The van der Waals surface area contributed by atoms with Crippen molar-refractivity contribution in [1.82, 2.24) is 0 Å². The van der Waals surface area contributed by atoms with E-state index in [9.17, 15) is 0 Å². The standard InChI is InChI=1S/C10H12S2/c1-3-4-5-9(11)10-7-6-8(2)12-10/h3-7,11H,1-2H3/b4-3-,9-5-. The summed E-state index contributed by atoms with van der Waals surface area (Å²) in [4.78, 5) is 3.59. The summed E-state index contributed by atoms with van der Waals surface area (Å²) in [5.41, 5.74) is 0. The van der Waals surface area contributed by atoms with Gasteiger partial charge in [-0.3, -0.25) is 0 Å². The Kier molecular flexibility index (Phi) is 3.63. The molecule has 1 aromatic heterocycles. The first kappa shape index (κ1) is 9.62. The molecule has 0 aliphatic carbocycles. The van der Waals surface area contributed by atoms with Crippen molar-refractivity contribution in [2.75, 3.05) is 0 Å². The van der Waals surface area contributed by atoms with Crippen molar-refractivity contribution in [2.45, 2.75) is 13.8 Å². The maximum atomic E-state index is 4.39. The van der Waals surface area contributed by atoms with Crippen LogP contribution in [0.25, 0.3) is 4.91 Å². The third kappa shape index (κ3) is 2.54. The molecule has 1 heterocycles. The van der Waals surface area contributed by atoms with E-state index >= 15 is 0 Å². The lowest BCUT2D eigenvalue weighted by molar-refractivity contribution is 1.64. The van der Waals surface area contributed by atoms with Crippen LogP contribution >= 0.6 is 24.0 Å². The number of thiophene rings is 1. The van der Waals surface area contributed by atoms with Crippen LogP contribution in [0.15, 0.2) is 30.4 Å². The first-order valence-corrected chi connectivity index (χ1v) is 5.09. The molecule has 0 aliphatic heterocycles. The van der Waals surface area contributed by atoms with Gasteiger partial charge in [0.2, 0.25) is 0 Å². The summed E-state index contributed by atoms with van der Waals surface area (Å²) < 4.78 is 0. The summed E-state index contributed by atoms with van der Waals surface area (Å²) in [6, 6.07) is 4.21. The molecule has 0 amide bonds. The second-order valence-corrected chi connectivity index (χ2v) is 4.26. The fourth-order valence-electron chi connectivity index (χ4n) is 0.842. The van der Waals surface area contributed by atoms with Crippen LogP contribution in [0.2, 0.25) is 0 Å². The highest BCUT2D eigenvalue weighted by Gasteiger charge is 1.97. The van der Waals surface area contributed by atoms with Crippen molar-refractivity contribution < 1.29 is 0 Å². The molecular weight excluding hydrogens is 184 g/mol. The highest BCUT2D eigenvalue weighted by Crippen LogP contribution is 2.25. The molecule has 2 heteroatoms. The molecule has 64 valence electrons. The molecule has 0 unspecified atom stereocenters. The number of hydrogen-bond donors (Lipinski definition) is 1. The second-order valence-electron chi connectivity index (χ2n) is 2.49. The van der Waals surface area contributed by atoms with Gasteiger partial charge in [-0.1, -0.05) is 12.2 Å². The molecule has 0 bridgehead atoms. The molecule has 0 fully saturated rings. The topological polar surface area (TPSA) is 0 Å². The average Bonchev–Trinajstić information content (AvgIpc) is 2.47. The van der Waals surface area contributed by atoms with Crippen molar-refractivity contribution in [1.29, 1.82) is 0 Å². The van der Waals surface area contributed by atoms with Crippen LogP contribution in [0.1, 0.15) is 16.7 Å². The monoisotopic (exact) mass is 196 g/mol. The highest BCUT2D eigenvalue weighted by atomic mass is 32.1. The fraction of sp³-hybridized carbons (Fsp3) is 0.200. The van der Waals surface area contributed by atoms with Gasteiger partial charge in [-0.25, -0.2) is 0 Å². The van der Waals surface area contributed by atoms with E-state index in [1.165, 1.54) is 9.75 Å². The van der Waals surface area contributed by atoms with Crippen molar-refractivity contribution >= 4 is 28.9 Å². The van der Waals surface area contributed by atoms with Crippen LogP contribution in [0.5, 0.6) is 0 Å². The van der Waals surface area contributed by atoms with Crippen molar-refractivity contribution in [3.8, 4) is 0 Å². The van der Waals surface area contributed by atoms with Crippen LogP contribution in [0, 0.1) is 6.92 Å². The summed E-state index contributed by atoms with van der Waals surface area (Å²) in [5, 5.41) is 0. The van der Waals surface area contributed by atoms with Gasteiger partial charge in [-0.05, 0) is 32.1 Å². The fourth-order valence-corrected chi connectivity index (χ4v) is 1.93. The predicted molar refractivity (Wildman–Crippen MR) is 60.8 cm³/mol. The van der Waals surface area contributed by atoms with Crippen LogP contribution in [-0.4, -0.2) is 0 Å². The largest absolute Gasteiger partial charge is 0.142 e. The molecule has 0 aromatic carbocycles. The Bertz CT molecular complexity index is 305. The third-order valence-electron chi connectivity index (χ3n) is 1.44. The minimum Gasteiger partial charge on any atom is -0.142 e. The lowest BCUT2D eigenvalue weighted by Gasteiger charge is -1.91. The van der Waals surface area contributed by atoms with E-state index in [1.54, 1.807) is 11.3 Å². The quantitative estimate of drug-likeness (QED) is 0.538. The van der Waals surface area contributed by atoms with Gasteiger partial charge in [0.1, 0.15) is 0 Å². The van der Waals surface area contributed by atoms with Crippen molar-refractivity contribution in [3.05, 3.63) is 40.1 Å². The third-order valence-corrected chi connectivity index (χ3v) is 3.01. The maximum Gasteiger partial charge on any atom is 0.0406 e. The Morgan fingerprint density at radius 2 is 2.25 bits per heavy atom. The number of aryl methyl sites for hydroxylation is 1. The smallest absolute Gasteiger partial charge is 0.0406 e. The van der Waals surface area contributed by atoms with Crippen LogP contribution < -0.4 is 0 Å². The van der Waals surface area contributed by atoms with E-state index in [4.69, 9.17) is 0 Å². The molecule has 0 spiro atoms. The normalized spacial score (nSPS) is 12.8. The zero-order valence-electron chi connectivity index (χ0n) is 7.24. The van der Waals surface area contributed by atoms with Gasteiger partial charge in [0, 0.05) is 14.7 Å². The van der Waals surface area contributed by atoms with Gasteiger partial charge in [0.15, 0.2) is 0 Å². The lowest BCUT2D eigenvalue weighted by Crippen LogP contribution is -1.64. The summed E-state index contributed by atoms with van der Waals surface area (Å²) in [7, 11) is 0. The van der Waals surface area contributed by atoms with Crippen LogP contribution in [-0.2, 0) is 0 Å². The molecule has 1 aromatic rings. The highest BCUT2D eigenvalue weighted by molar-refractivity contribution is 7.90. The Balaban J connectivity index is 2.84. The minimum atomic E-state index is 1.03. The Labute approximate surface area is 83.0 Å². The van der Waals surface area contributed by atoms with E-state index in [0.717, 1.165) is 4.91 Å². The van der Waals surface area contributed by atoms with Gasteiger partial charge in [-0.15, -0.1) is 24.0 Å². The molecule has 0 saturated carbocycles. The van der Waals surface area contributed by atoms with Crippen LogP contribution in [0.4, 0.5) is 0 Å². The van der Waals surface area contributed by atoms with Gasteiger partial charge in [0.05, 0.1) is 0 Å². The molecule has 0 N–H and O–H groups in total. The zero-order valence-corrected chi connectivity index (χ0v) is 8.95. The Morgan fingerprint density at radius 1 is 1.50 bits per heavy atom. The number of allylic oxidation sites excluding steroid dienone is 3. The first-order chi connectivity index (χ1) is 5.74.